The van der Waals surface area contributed by atoms with Crippen LogP contribution < -0.4 is 0 Å². The molecule has 0 saturated heterocycles. The van der Waals surface area contributed by atoms with E-state index in [0.717, 1.165) is 18.5 Å². The molecule has 0 saturated carbocycles. The van der Waals surface area contributed by atoms with Crippen molar-refractivity contribution in [1.82, 2.24) is 9.78 Å². The SMILES string of the molecule is Cn1nc2c(c1-c1ccccc1)CC[C@H]1CC(=O)C=CC21C. The molecule has 1 aromatic heterocycles. The molecule has 2 aliphatic carbocycles. The summed E-state index contributed by atoms with van der Waals surface area (Å²) in [5.74, 6) is 0.640. The smallest absolute Gasteiger partial charge is 0.155 e. The normalized spacial score (nSPS) is 26.6. The number of aryl methyl sites for hydroxylation is 1. The molecule has 0 amide bonds. The fraction of sp³-hybridized carbons (Fsp3) is 0.368. The van der Waals surface area contributed by atoms with Crippen LogP contribution in [0.2, 0.25) is 0 Å². The Morgan fingerprint density at radius 1 is 1.27 bits per heavy atom. The standard InChI is InChI=1S/C19H20N2O/c1-19-11-10-15(22)12-14(19)8-9-16-17(21(2)20-18(16)19)13-6-4-3-5-7-13/h3-7,10-11,14H,8-9,12H2,1-2H3/t14-,19?/m0/s1. The van der Waals surface area contributed by atoms with Gasteiger partial charge in [0.25, 0.3) is 0 Å². The van der Waals surface area contributed by atoms with Gasteiger partial charge in [0.2, 0.25) is 0 Å². The Kier molecular flexibility index (Phi) is 2.86. The van der Waals surface area contributed by atoms with Crippen LogP contribution >= 0.6 is 0 Å². The van der Waals surface area contributed by atoms with E-state index in [1.54, 1.807) is 6.08 Å². The quantitative estimate of drug-likeness (QED) is 0.807. The molecule has 2 aliphatic rings. The Balaban J connectivity index is 1.91. The summed E-state index contributed by atoms with van der Waals surface area (Å²) in [6.07, 6.45) is 6.56. The molecule has 22 heavy (non-hydrogen) atoms. The van der Waals surface area contributed by atoms with Gasteiger partial charge in [0.1, 0.15) is 0 Å². The van der Waals surface area contributed by atoms with Crippen molar-refractivity contribution in [3.05, 3.63) is 53.7 Å². The van der Waals surface area contributed by atoms with Crippen LogP contribution in [0.5, 0.6) is 0 Å². The lowest BCUT2D eigenvalue weighted by Crippen LogP contribution is -2.39. The minimum Gasteiger partial charge on any atom is -0.295 e. The number of fused-ring (bicyclic) bond motifs is 3. The number of hydrogen-bond donors (Lipinski definition) is 0. The Hall–Kier alpha value is -2.16. The summed E-state index contributed by atoms with van der Waals surface area (Å²) in [7, 11) is 2.02. The lowest BCUT2D eigenvalue weighted by molar-refractivity contribution is -0.116. The van der Waals surface area contributed by atoms with Crippen LogP contribution in [-0.4, -0.2) is 15.6 Å². The molecule has 0 fully saturated rings. The summed E-state index contributed by atoms with van der Waals surface area (Å²) < 4.78 is 2.01. The van der Waals surface area contributed by atoms with Gasteiger partial charge in [0, 0.05) is 30.0 Å². The van der Waals surface area contributed by atoms with Crippen LogP contribution in [0, 0.1) is 5.92 Å². The van der Waals surface area contributed by atoms with E-state index in [-0.39, 0.29) is 11.2 Å². The molecule has 2 aromatic rings. The monoisotopic (exact) mass is 292 g/mol. The van der Waals surface area contributed by atoms with E-state index < -0.39 is 0 Å². The number of carbonyl (C=O) groups is 1. The number of benzene rings is 1. The highest BCUT2D eigenvalue weighted by Gasteiger charge is 2.44. The van der Waals surface area contributed by atoms with Gasteiger partial charge in [-0.05, 0) is 24.8 Å². The van der Waals surface area contributed by atoms with Crippen molar-refractivity contribution in [2.24, 2.45) is 13.0 Å². The van der Waals surface area contributed by atoms with Crippen LogP contribution in [0.4, 0.5) is 0 Å². The number of nitrogens with zero attached hydrogens (tertiary/aromatic N) is 2. The average Bonchev–Trinajstić information content (AvgIpc) is 2.86. The second-order valence-electron chi connectivity index (χ2n) is 6.69. The Morgan fingerprint density at radius 2 is 2.05 bits per heavy atom. The third kappa shape index (κ3) is 1.81. The fourth-order valence-corrected chi connectivity index (χ4v) is 4.11. The first-order valence-corrected chi connectivity index (χ1v) is 7.93. The average molecular weight is 292 g/mol. The minimum atomic E-state index is -0.105. The number of allylic oxidation sites excluding steroid dienone is 2. The van der Waals surface area contributed by atoms with Crippen molar-refractivity contribution >= 4 is 5.78 Å². The lowest BCUT2D eigenvalue weighted by Gasteiger charge is -2.40. The largest absolute Gasteiger partial charge is 0.295 e. The molecule has 3 heteroatoms. The molecule has 1 unspecified atom stereocenters. The predicted molar refractivity (Wildman–Crippen MR) is 86.6 cm³/mol. The Labute approximate surface area is 130 Å². The van der Waals surface area contributed by atoms with E-state index in [0.29, 0.717) is 12.3 Å². The molecule has 0 aliphatic heterocycles. The highest BCUT2D eigenvalue weighted by Crippen LogP contribution is 2.47. The van der Waals surface area contributed by atoms with Gasteiger partial charge in [-0.3, -0.25) is 9.48 Å². The number of rotatable bonds is 1. The van der Waals surface area contributed by atoms with E-state index >= 15 is 0 Å². The molecule has 112 valence electrons. The minimum absolute atomic E-state index is 0.105. The van der Waals surface area contributed by atoms with Crippen molar-refractivity contribution in [3.8, 4) is 11.3 Å². The highest BCUT2D eigenvalue weighted by atomic mass is 16.1. The van der Waals surface area contributed by atoms with E-state index in [1.165, 1.54) is 16.8 Å². The summed E-state index contributed by atoms with van der Waals surface area (Å²) in [6.45, 7) is 2.24. The lowest BCUT2D eigenvalue weighted by atomic mass is 9.63. The number of ketones is 1. The fourth-order valence-electron chi connectivity index (χ4n) is 4.11. The first kappa shape index (κ1) is 13.5. The molecule has 0 spiro atoms. The van der Waals surface area contributed by atoms with Crippen LogP contribution in [0.25, 0.3) is 11.3 Å². The summed E-state index contributed by atoms with van der Waals surface area (Å²) in [4.78, 5) is 11.8. The second kappa shape index (κ2) is 4.67. The third-order valence-electron chi connectivity index (χ3n) is 5.36. The van der Waals surface area contributed by atoms with Gasteiger partial charge in [-0.15, -0.1) is 0 Å². The van der Waals surface area contributed by atoms with Crippen LogP contribution in [0.3, 0.4) is 0 Å². The molecule has 2 atom stereocenters. The zero-order valence-corrected chi connectivity index (χ0v) is 13.0. The maximum absolute atomic E-state index is 11.8. The molecule has 0 N–H and O–H groups in total. The summed E-state index contributed by atoms with van der Waals surface area (Å²) >= 11 is 0. The van der Waals surface area contributed by atoms with Crippen molar-refractivity contribution < 1.29 is 4.79 Å². The molecular formula is C19H20N2O. The number of hydrogen-bond acceptors (Lipinski definition) is 2. The molecule has 0 bridgehead atoms. The van der Waals surface area contributed by atoms with Gasteiger partial charge in [-0.1, -0.05) is 43.3 Å². The zero-order valence-electron chi connectivity index (χ0n) is 13.0. The first-order valence-electron chi connectivity index (χ1n) is 7.93. The van der Waals surface area contributed by atoms with E-state index in [1.807, 2.05) is 17.8 Å². The third-order valence-corrected chi connectivity index (χ3v) is 5.36. The van der Waals surface area contributed by atoms with E-state index in [4.69, 9.17) is 5.10 Å². The van der Waals surface area contributed by atoms with E-state index in [2.05, 4.69) is 37.3 Å². The van der Waals surface area contributed by atoms with E-state index in [9.17, 15) is 4.79 Å². The van der Waals surface area contributed by atoms with Crippen molar-refractivity contribution in [1.29, 1.82) is 0 Å². The van der Waals surface area contributed by atoms with Crippen molar-refractivity contribution in [2.45, 2.75) is 31.6 Å². The maximum Gasteiger partial charge on any atom is 0.155 e. The van der Waals surface area contributed by atoms with Crippen molar-refractivity contribution in [3.63, 3.8) is 0 Å². The molecule has 1 aromatic carbocycles. The number of carbonyl (C=O) groups excluding carboxylic acids is 1. The van der Waals surface area contributed by atoms with Gasteiger partial charge in [-0.25, -0.2) is 0 Å². The van der Waals surface area contributed by atoms with Crippen LogP contribution in [-0.2, 0) is 23.7 Å². The van der Waals surface area contributed by atoms with Gasteiger partial charge in [0.05, 0.1) is 11.4 Å². The predicted octanol–water partition coefficient (Wildman–Crippen LogP) is 3.44. The topological polar surface area (TPSA) is 34.9 Å². The number of aromatic nitrogens is 2. The van der Waals surface area contributed by atoms with Gasteiger partial charge in [-0.2, -0.15) is 5.10 Å². The van der Waals surface area contributed by atoms with Crippen LogP contribution in [0.15, 0.2) is 42.5 Å². The highest BCUT2D eigenvalue weighted by molar-refractivity contribution is 5.91. The molecular weight excluding hydrogens is 272 g/mol. The summed E-state index contributed by atoms with van der Waals surface area (Å²) in [5, 5.41) is 4.86. The maximum atomic E-state index is 11.8. The summed E-state index contributed by atoms with van der Waals surface area (Å²) in [6, 6.07) is 10.5. The van der Waals surface area contributed by atoms with Gasteiger partial charge in [0.15, 0.2) is 5.78 Å². The van der Waals surface area contributed by atoms with Crippen molar-refractivity contribution in [2.75, 3.05) is 0 Å². The van der Waals surface area contributed by atoms with Gasteiger partial charge >= 0.3 is 0 Å². The van der Waals surface area contributed by atoms with Gasteiger partial charge < -0.3 is 0 Å². The zero-order chi connectivity index (χ0) is 15.3. The Morgan fingerprint density at radius 3 is 2.82 bits per heavy atom. The first-order chi connectivity index (χ1) is 10.6. The van der Waals surface area contributed by atoms with Crippen LogP contribution in [0.1, 0.15) is 31.0 Å². The Bertz CT molecular complexity index is 772. The summed E-state index contributed by atoms with van der Waals surface area (Å²) in [5.41, 5.74) is 4.85. The molecule has 3 nitrogen and oxygen atoms in total. The molecule has 1 heterocycles. The second-order valence-corrected chi connectivity index (χ2v) is 6.69. The molecule has 4 rings (SSSR count). The molecule has 0 radical (unpaired) electrons.